The minimum Gasteiger partial charge on any atom is -0.508 e. The van der Waals surface area contributed by atoms with Crippen molar-refractivity contribution in [3.8, 4) is 51.4 Å². The SMILES string of the molecule is COCCCC1Oc2c(cc(OC)c3cc(O)ccc23)C(OC2CC(O)CCC2NCO)C1C1COc2c(Cc3cc(O)ccc3-c3cccc(O)c3)cc(OC3CCCC3)cc2C1O. The first kappa shape index (κ1) is 44.9. The summed E-state index contributed by atoms with van der Waals surface area (Å²) in [4.78, 5) is 0. The van der Waals surface area contributed by atoms with Crippen molar-refractivity contribution in [3.05, 3.63) is 101 Å². The van der Waals surface area contributed by atoms with Gasteiger partial charge in [-0.3, -0.25) is 5.32 Å². The minimum absolute atomic E-state index is 0.0335. The van der Waals surface area contributed by atoms with Gasteiger partial charge in [-0.15, -0.1) is 0 Å². The van der Waals surface area contributed by atoms with Crippen molar-refractivity contribution in [3.63, 3.8) is 0 Å². The van der Waals surface area contributed by atoms with E-state index in [-0.39, 0.29) is 42.7 Å². The van der Waals surface area contributed by atoms with Crippen LogP contribution in [-0.2, 0) is 15.9 Å². The zero-order valence-corrected chi connectivity index (χ0v) is 37.0. The lowest BCUT2D eigenvalue weighted by atomic mass is 9.72. The lowest BCUT2D eigenvalue weighted by molar-refractivity contribution is -0.152. The smallest absolute Gasteiger partial charge is 0.133 e. The summed E-state index contributed by atoms with van der Waals surface area (Å²) in [7, 11) is 3.24. The first-order valence-corrected chi connectivity index (χ1v) is 23.0. The Bertz CT molecular complexity index is 2450. The number of aromatic hydroxyl groups is 3. The summed E-state index contributed by atoms with van der Waals surface area (Å²) in [5.41, 5.74) is 4.49. The van der Waals surface area contributed by atoms with Crippen LogP contribution in [0.1, 0.15) is 92.2 Å². The largest absolute Gasteiger partial charge is 0.508 e. The van der Waals surface area contributed by atoms with Crippen molar-refractivity contribution in [2.45, 2.75) is 107 Å². The highest BCUT2D eigenvalue weighted by molar-refractivity contribution is 5.96. The third-order valence-electron chi connectivity index (χ3n) is 14.0. The fraction of sp³-hybridized carbons (Fsp3) is 0.462. The van der Waals surface area contributed by atoms with E-state index in [1.807, 2.05) is 36.4 Å². The molecule has 2 fully saturated rings. The number of aliphatic hydroxyl groups is 3. The molecule has 9 rings (SSSR count). The van der Waals surface area contributed by atoms with Gasteiger partial charge in [-0.25, -0.2) is 0 Å². The van der Waals surface area contributed by atoms with Crippen LogP contribution in [0.3, 0.4) is 0 Å². The molecule has 8 atom stereocenters. The molecule has 0 bridgehead atoms. The first-order valence-electron chi connectivity index (χ1n) is 23.0. The quantitative estimate of drug-likeness (QED) is 0.0397. The predicted molar refractivity (Wildman–Crippen MR) is 244 cm³/mol. The molecule has 2 aliphatic heterocycles. The third-order valence-corrected chi connectivity index (χ3v) is 14.0. The average molecular weight is 892 g/mol. The van der Waals surface area contributed by atoms with Gasteiger partial charge in [0, 0.05) is 71.9 Å². The van der Waals surface area contributed by atoms with Gasteiger partial charge in [0.15, 0.2) is 0 Å². The highest BCUT2D eigenvalue weighted by Gasteiger charge is 2.50. The number of methoxy groups -OCH3 is 2. The van der Waals surface area contributed by atoms with E-state index in [0.29, 0.717) is 84.6 Å². The van der Waals surface area contributed by atoms with Gasteiger partial charge in [-0.1, -0.05) is 18.2 Å². The first-order chi connectivity index (χ1) is 31.6. The van der Waals surface area contributed by atoms with Gasteiger partial charge in [0.25, 0.3) is 0 Å². The molecule has 2 saturated carbocycles. The maximum Gasteiger partial charge on any atom is 0.133 e. The van der Waals surface area contributed by atoms with Crippen LogP contribution in [0.25, 0.3) is 21.9 Å². The molecule has 0 radical (unpaired) electrons. The van der Waals surface area contributed by atoms with Crippen LogP contribution >= 0.6 is 0 Å². The molecule has 7 N–H and O–H groups in total. The Morgan fingerprint density at radius 3 is 2.37 bits per heavy atom. The molecular formula is C52H61NO12. The third kappa shape index (κ3) is 9.41. The van der Waals surface area contributed by atoms with Gasteiger partial charge in [-0.05, 0) is 129 Å². The maximum atomic E-state index is 13.0. The number of nitrogens with one attached hydrogen (secondary N) is 1. The van der Waals surface area contributed by atoms with E-state index in [0.717, 1.165) is 53.3 Å². The highest BCUT2D eigenvalue weighted by Crippen LogP contribution is 2.55. The number of rotatable bonds is 15. The number of phenols is 3. The molecule has 5 aromatic rings. The Kier molecular flexibility index (Phi) is 13.6. The maximum absolute atomic E-state index is 13.0. The second-order valence-electron chi connectivity index (χ2n) is 18.1. The van der Waals surface area contributed by atoms with Gasteiger partial charge in [0.05, 0.1) is 51.0 Å². The molecule has 346 valence electrons. The topological polar surface area (TPSA) is 189 Å². The number of hydrogen-bond acceptors (Lipinski definition) is 13. The summed E-state index contributed by atoms with van der Waals surface area (Å²) in [6, 6.07) is 22.8. The van der Waals surface area contributed by atoms with Crippen LogP contribution in [0.5, 0.6) is 40.2 Å². The Labute approximate surface area is 379 Å². The summed E-state index contributed by atoms with van der Waals surface area (Å²) in [6.45, 7) is 0.335. The second-order valence-corrected chi connectivity index (χ2v) is 18.1. The summed E-state index contributed by atoms with van der Waals surface area (Å²) in [5, 5.41) is 70.4. The summed E-state index contributed by atoms with van der Waals surface area (Å²) < 4.78 is 39.5. The molecule has 8 unspecified atom stereocenters. The van der Waals surface area contributed by atoms with Crippen LogP contribution in [0.15, 0.2) is 78.9 Å². The molecule has 2 heterocycles. The average Bonchev–Trinajstić information content (AvgIpc) is 3.81. The molecule has 0 amide bonds. The zero-order chi connectivity index (χ0) is 45.2. The number of benzene rings is 5. The summed E-state index contributed by atoms with van der Waals surface area (Å²) >= 11 is 0. The van der Waals surface area contributed by atoms with Gasteiger partial charge in [-0.2, -0.15) is 0 Å². The Balaban J connectivity index is 1.17. The Morgan fingerprint density at radius 1 is 0.785 bits per heavy atom. The van der Waals surface area contributed by atoms with Crippen LogP contribution < -0.4 is 24.3 Å². The number of hydrogen-bond donors (Lipinski definition) is 7. The van der Waals surface area contributed by atoms with Crippen molar-refractivity contribution in [2.24, 2.45) is 11.8 Å². The van der Waals surface area contributed by atoms with Gasteiger partial charge >= 0.3 is 0 Å². The van der Waals surface area contributed by atoms with E-state index in [4.69, 9.17) is 28.4 Å². The van der Waals surface area contributed by atoms with Crippen LogP contribution in [-0.4, -0.2) is 95.3 Å². The molecule has 2 aliphatic carbocycles. The van der Waals surface area contributed by atoms with Gasteiger partial charge < -0.3 is 59.1 Å². The number of phenolic OH excluding ortho intramolecular Hbond substituents is 3. The second kappa shape index (κ2) is 19.7. The molecule has 0 spiro atoms. The van der Waals surface area contributed by atoms with Gasteiger partial charge in [0.2, 0.25) is 0 Å². The van der Waals surface area contributed by atoms with Crippen molar-refractivity contribution < 1.29 is 59.1 Å². The fourth-order valence-corrected chi connectivity index (χ4v) is 10.8. The van der Waals surface area contributed by atoms with Crippen molar-refractivity contribution in [2.75, 3.05) is 34.2 Å². The molecule has 65 heavy (non-hydrogen) atoms. The molecule has 4 aliphatic rings. The predicted octanol–water partition coefficient (Wildman–Crippen LogP) is 7.97. The van der Waals surface area contributed by atoms with Crippen molar-refractivity contribution >= 4 is 10.8 Å². The van der Waals surface area contributed by atoms with Crippen LogP contribution in [0, 0.1) is 11.8 Å². The monoisotopic (exact) mass is 891 g/mol. The molecule has 5 aromatic carbocycles. The number of fused-ring (bicyclic) bond motifs is 4. The molecule has 0 saturated heterocycles. The van der Waals surface area contributed by atoms with E-state index in [9.17, 15) is 30.6 Å². The van der Waals surface area contributed by atoms with Gasteiger partial charge in [0.1, 0.15) is 46.4 Å². The van der Waals surface area contributed by atoms with Crippen LogP contribution in [0.4, 0.5) is 0 Å². The highest BCUT2D eigenvalue weighted by atomic mass is 16.5. The van der Waals surface area contributed by atoms with Crippen LogP contribution in [0.2, 0.25) is 0 Å². The Hall–Kier alpha value is -5.28. The summed E-state index contributed by atoms with van der Waals surface area (Å²) in [6.07, 6.45) is 3.67. The molecule has 0 aromatic heterocycles. The lowest BCUT2D eigenvalue weighted by Gasteiger charge is -2.48. The van der Waals surface area contributed by atoms with Crippen molar-refractivity contribution in [1.82, 2.24) is 5.32 Å². The van der Waals surface area contributed by atoms with Crippen molar-refractivity contribution in [1.29, 1.82) is 0 Å². The van der Waals surface area contributed by atoms with E-state index in [1.165, 1.54) is 0 Å². The van der Waals surface area contributed by atoms with E-state index in [1.54, 1.807) is 56.7 Å². The Morgan fingerprint density at radius 2 is 1.58 bits per heavy atom. The molecule has 13 heteroatoms. The number of aliphatic hydroxyl groups excluding tert-OH is 3. The van der Waals surface area contributed by atoms with E-state index < -0.39 is 42.4 Å². The molecular weight excluding hydrogens is 831 g/mol. The molecule has 13 nitrogen and oxygen atoms in total. The number of ether oxygens (including phenoxy) is 6. The fourth-order valence-electron chi connectivity index (χ4n) is 10.8. The zero-order valence-electron chi connectivity index (χ0n) is 37.0. The standard InChI is InChI=1S/C52H61NO12/c1-60-18-6-11-45-48(52(65-47-24-35(58)14-17-44(47)53-28-54)42-26-46(61-2)40-23-34(57)13-16-39(40)51(42)64-45)43-27-62-50-31(22-37(25-41(50)49(43)59)63-36-9-3-4-10-36)19-30-21-33(56)12-15-38(30)29-7-5-8-32(55)20-29/h5,7-8,12-13,15-16,20-23,25-26,35-36,43-45,47-49,52-59H,3-4,6,9-11,14,17-19,24,27-28H2,1-2H3. The summed E-state index contributed by atoms with van der Waals surface area (Å²) in [5.74, 6) is 1.48. The van der Waals surface area contributed by atoms with E-state index >= 15 is 0 Å². The normalized spacial score (nSPS) is 25.4. The minimum atomic E-state index is -1.08. The van der Waals surface area contributed by atoms with E-state index in [2.05, 4.69) is 5.32 Å². The lowest BCUT2D eigenvalue weighted by Crippen LogP contribution is -2.51.